The van der Waals surface area contributed by atoms with Gasteiger partial charge >= 0.3 is 0 Å². The molecule has 0 saturated heterocycles. The van der Waals surface area contributed by atoms with Gasteiger partial charge in [0.05, 0.1) is 6.61 Å². The van der Waals surface area contributed by atoms with Crippen LogP contribution in [0.15, 0.2) is 6.07 Å². The highest BCUT2D eigenvalue weighted by Crippen LogP contribution is 2.26. The van der Waals surface area contributed by atoms with E-state index in [0.29, 0.717) is 24.5 Å². The second-order valence-corrected chi connectivity index (χ2v) is 3.84. The smallest absolute Gasteiger partial charge is 0.231 e. The molecule has 2 rings (SSSR count). The molecule has 1 aliphatic carbocycles. The van der Waals surface area contributed by atoms with Crippen molar-refractivity contribution in [2.24, 2.45) is 0 Å². The molecule has 0 spiro atoms. The first kappa shape index (κ1) is 10.9. The molecule has 0 bridgehead atoms. The van der Waals surface area contributed by atoms with Crippen LogP contribution in [0.25, 0.3) is 0 Å². The van der Waals surface area contributed by atoms with Gasteiger partial charge in [0, 0.05) is 18.7 Å². The Morgan fingerprint density at radius 1 is 1.50 bits per heavy atom. The first-order valence-electron chi connectivity index (χ1n) is 5.51. The Kier molecular flexibility index (Phi) is 3.37. The number of rotatable bonds is 4. The summed E-state index contributed by atoms with van der Waals surface area (Å²) in [4.78, 5) is 4.37. The maximum atomic E-state index is 8.99. The van der Waals surface area contributed by atoms with E-state index in [1.165, 1.54) is 5.56 Å². The second kappa shape index (κ2) is 4.95. The fourth-order valence-electron chi connectivity index (χ4n) is 1.88. The van der Waals surface area contributed by atoms with E-state index in [1.54, 1.807) is 0 Å². The monoisotopic (exact) mass is 218 g/mol. The van der Waals surface area contributed by atoms with Crippen molar-refractivity contribution in [3.8, 4) is 11.9 Å². The minimum Gasteiger partial charge on any atom is -0.477 e. The lowest BCUT2D eigenvalue weighted by atomic mass is 10.1. The summed E-state index contributed by atoms with van der Waals surface area (Å²) in [6, 6.07) is 3.98. The number of aryl methyl sites for hydroxylation is 2. The van der Waals surface area contributed by atoms with Crippen LogP contribution in [0.2, 0.25) is 0 Å². The van der Waals surface area contributed by atoms with Crippen LogP contribution in [0.5, 0.6) is 5.88 Å². The third kappa shape index (κ3) is 2.15. The Labute approximate surface area is 94.5 Å². The third-order valence-electron chi connectivity index (χ3n) is 2.68. The van der Waals surface area contributed by atoms with Gasteiger partial charge in [0.2, 0.25) is 5.88 Å². The molecule has 1 aromatic rings. The van der Waals surface area contributed by atoms with Crippen LogP contribution >= 0.6 is 0 Å². The Bertz CT molecular complexity index is 424. The van der Waals surface area contributed by atoms with Crippen molar-refractivity contribution < 1.29 is 9.84 Å². The highest BCUT2D eigenvalue weighted by atomic mass is 16.5. The van der Waals surface area contributed by atoms with Gasteiger partial charge in [-0.25, -0.2) is 4.98 Å². The lowest BCUT2D eigenvalue weighted by molar-refractivity contribution is 0.228. The van der Waals surface area contributed by atoms with Crippen molar-refractivity contribution in [1.29, 1.82) is 5.26 Å². The molecule has 0 atom stereocenters. The first-order chi connectivity index (χ1) is 7.85. The van der Waals surface area contributed by atoms with Crippen molar-refractivity contribution in [2.75, 3.05) is 13.2 Å². The fourth-order valence-corrected chi connectivity index (χ4v) is 1.88. The molecule has 0 aromatic carbocycles. The number of nitriles is 1. The largest absolute Gasteiger partial charge is 0.477 e. The summed E-state index contributed by atoms with van der Waals surface area (Å²) in [5.74, 6) is 0.414. The molecule has 4 nitrogen and oxygen atoms in total. The van der Waals surface area contributed by atoms with Crippen molar-refractivity contribution in [3.63, 3.8) is 0 Å². The van der Waals surface area contributed by atoms with Crippen molar-refractivity contribution >= 4 is 0 Å². The van der Waals surface area contributed by atoms with Gasteiger partial charge in [-0.1, -0.05) is 0 Å². The minimum atomic E-state index is 0.0901. The predicted octanol–water partition coefficient (Wildman–Crippen LogP) is 1.20. The standard InChI is InChI=1S/C12H14N2O2/c13-8-10-7-9-3-1-4-11(9)14-12(10)16-6-2-5-15/h7,15H,1-6H2. The van der Waals surface area contributed by atoms with E-state index in [9.17, 15) is 0 Å². The van der Waals surface area contributed by atoms with Gasteiger partial charge in [0.15, 0.2) is 0 Å². The van der Waals surface area contributed by atoms with Crippen LogP contribution in [-0.4, -0.2) is 23.3 Å². The summed E-state index contributed by atoms with van der Waals surface area (Å²) >= 11 is 0. The molecule has 16 heavy (non-hydrogen) atoms. The molecular formula is C12H14N2O2. The third-order valence-corrected chi connectivity index (χ3v) is 2.68. The lowest BCUT2D eigenvalue weighted by Gasteiger charge is -2.08. The quantitative estimate of drug-likeness (QED) is 0.771. The summed E-state index contributed by atoms with van der Waals surface area (Å²) in [7, 11) is 0. The number of hydrogen-bond donors (Lipinski definition) is 1. The molecule has 1 N–H and O–H groups in total. The zero-order valence-corrected chi connectivity index (χ0v) is 9.07. The molecule has 0 radical (unpaired) electrons. The van der Waals surface area contributed by atoms with Gasteiger partial charge in [0.25, 0.3) is 0 Å². The predicted molar refractivity (Wildman–Crippen MR) is 58.2 cm³/mol. The minimum absolute atomic E-state index is 0.0901. The maximum Gasteiger partial charge on any atom is 0.231 e. The Hall–Kier alpha value is -1.60. The molecular weight excluding hydrogens is 204 g/mol. The number of pyridine rings is 1. The van der Waals surface area contributed by atoms with Gasteiger partial charge in [-0.05, 0) is 30.9 Å². The summed E-state index contributed by atoms with van der Waals surface area (Å²) in [6.45, 7) is 0.490. The second-order valence-electron chi connectivity index (χ2n) is 3.84. The number of fused-ring (bicyclic) bond motifs is 1. The van der Waals surface area contributed by atoms with E-state index in [2.05, 4.69) is 11.1 Å². The van der Waals surface area contributed by atoms with Gasteiger partial charge in [-0.3, -0.25) is 0 Å². The molecule has 4 heteroatoms. The topological polar surface area (TPSA) is 66.1 Å². The molecule has 1 heterocycles. The van der Waals surface area contributed by atoms with Crippen molar-refractivity contribution in [1.82, 2.24) is 4.98 Å². The van der Waals surface area contributed by atoms with Crippen LogP contribution in [0.4, 0.5) is 0 Å². The summed E-state index contributed by atoms with van der Waals surface area (Å²) in [5, 5.41) is 17.6. The average Bonchev–Trinajstić information content (AvgIpc) is 2.75. The number of aliphatic hydroxyl groups excluding tert-OH is 1. The Morgan fingerprint density at radius 3 is 3.12 bits per heavy atom. The normalized spacial score (nSPS) is 13.2. The number of aromatic nitrogens is 1. The van der Waals surface area contributed by atoms with E-state index >= 15 is 0 Å². The molecule has 1 aromatic heterocycles. The van der Waals surface area contributed by atoms with Crippen LogP contribution in [0, 0.1) is 11.3 Å². The van der Waals surface area contributed by atoms with Gasteiger partial charge in [-0.15, -0.1) is 0 Å². The molecule has 0 fully saturated rings. The molecule has 0 amide bonds. The number of aliphatic hydroxyl groups is 1. The Morgan fingerprint density at radius 2 is 2.38 bits per heavy atom. The first-order valence-corrected chi connectivity index (χ1v) is 5.51. The van der Waals surface area contributed by atoms with Crippen LogP contribution in [0.1, 0.15) is 29.7 Å². The Balaban J connectivity index is 2.20. The van der Waals surface area contributed by atoms with E-state index < -0.39 is 0 Å². The number of ether oxygens (including phenoxy) is 1. The number of nitrogens with zero attached hydrogens (tertiary/aromatic N) is 2. The average molecular weight is 218 g/mol. The molecule has 0 unspecified atom stereocenters. The fraction of sp³-hybridized carbons (Fsp3) is 0.500. The highest BCUT2D eigenvalue weighted by Gasteiger charge is 2.16. The van der Waals surface area contributed by atoms with Gasteiger partial charge < -0.3 is 9.84 Å². The van der Waals surface area contributed by atoms with Crippen molar-refractivity contribution in [2.45, 2.75) is 25.7 Å². The van der Waals surface area contributed by atoms with E-state index in [1.807, 2.05) is 6.07 Å². The zero-order chi connectivity index (χ0) is 11.4. The van der Waals surface area contributed by atoms with Crippen LogP contribution < -0.4 is 4.74 Å². The van der Waals surface area contributed by atoms with Gasteiger partial charge in [0.1, 0.15) is 11.6 Å². The maximum absolute atomic E-state index is 8.99. The summed E-state index contributed by atoms with van der Waals surface area (Å²) in [6.07, 6.45) is 3.64. The van der Waals surface area contributed by atoms with E-state index in [-0.39, 0.29) is 6.61 Å². The van der Waals surface area contributed by atoms with E-state index in [0.717, 1.165) is 25.0 Å². The summed E-state index contributed by atoms with van der Waals surface area (Å²) in [5.41, 5.74) is 2.72. The zero-order valence-electron chi connectivity index (χ0n) is 9.07. The molecule has 1 aliphatic rings. The summed E-state index contributed by atoms with van der Waals surface area (Å²) < 4.78 is 5.40. The van der Waals surface area contributed by atoms with Crippen molar-refractivity contribution in [3.05, 3.63) is 22.9 Å². The molecule has 0 saturated carbocycles. The molecule has 84 valence electrons. The van der Waals surface area contributed by atoms with Gasteiger partial charge in [-0.2, -0.15) is 5.26 Å². The highest BCUT2D eigenvalue weighted by molar-refractivity contribution is 5.44. The number of hydrogen-bond acceptors (Lipinski definition) is 4. The van der Waals surface area contributed by atoms with E-state index in [4.69, 9.17) is 15.1 Å². The SMILES string of the molecule is N#Cc1cc2c(nc1OCCCO)CCC2. The lowest BCUT2D eigenvalue weighted by Crippen LogP contribution is -2.04. The van der Waals surface area contributed by atoms with Crippen LogP contribution in [-0.2, 0) is 12.8 Å². The molecule has 0 aliphatic heterocycles. The van der Waals surface area contributed by atoms with Crippen LogP contribution in [0.3, 0.4) is 0 Å².